The van der Waals surface area contributed by atoms with E-state index in [1.165, 1.54) is 0 Å². The Balaban J connectivity index is 1.83. The summed E-state index contributed by atoms with van der Waals surface area (Å²) in [4.78, 5) is 4.65. The fraction of sp³-hybridized carbons (Fsp3) is 0.0952. The van der Waals surface area contributed by atoms with Crippen LogP contribution in [0.15, 0.2) is 71.1 Å². The van der Waals surface area contributed by atoms with Gasteiger partial charge < -0.3 is 13.9 Å². The average molecular weight is 331 g/mol. The second-order valence-electron chi connectivity index (χ2n) is 5.61. The van der Waals surface area contributed by atoms with E-state index in [2.05, 4.69) is 17.1 Å². The Bertz CT molecular complexity index is 1020. The first-order valence-electron chi connectivity index (χ1n) is 7.97. The molecule has 0 saturated carbocycles. The van der Waals surface area contributed by atoms with Crippen LogP contribution in [0.5, 0.6) is 11.5 Å². The Kier molecular flexibility index (Phi) is 3.86. The van der Waals surface area contributed by atoms with Crippen LogP contribution in [0.2, 0.25) is 0 Å². The molecule has 0 bridgehead atoms. The molecule has 0 aliphatic carbocycles. The van der Waals surface area contributed by atoms with E-state index < -0.39 is 0 Å². The largest absolute Gasteiger partial charge is 0.493 e. The lowest BCUT2D eigenvalue weighted by Gasteiger charge is -2.09. The smallest absolute Gasteiger partial charge is 0.231 e. The van der Waals surface area contributed by atoms with Gasteiger partial charge in [-0.2, -0.15) is 0 Å². The fourth-order valence-electron chi connectivity index (χ4n) is 2.91. The molecular formula is C21H17NO3. The van der Waals surface area contributed by atoms with Crippen LogP contribution in [0.4, 0.5) is 0 Å². The Hall–Kier alpha value is -3.27. The molecule has 3 aromatic carbocycles. The molecule has 0 N–H and O–H groups in total. The minimum Gasteiger partial charge on any atom is -0.493 e. The number of aromatic nitrogens is 1. The van der Waals surface area contributed by atoms with E-state index in [1.54, 1.807) is 14.2 Å². The maximum absolute atomic E-state index is 5.94. The van der Waals surface area contributed by atoms with Gasteiger partial charge in [0.05, 0.1) is 19.8 Å². The summed E-state index contributed by atoms with van der Waals surface area (Å²) in [7, 11) is 3.22. The molecule has 0 aliphatic heterocycles. The van der Waals surface area contributed by atoms with Gasteiger partial charge >= 0.3 is 0 Å². The summed E-state index contributed by atoms with van der Waals surface area (Å²) in [6.45, 7) is 0. The van der Waals surface area contributed by atoms with Crippen molar-refractivity contribution in [2.75, 3.05) is 14.2 Å². The molecule has 124 valence electrons. The molecule has 1 aromatic heterocycles. The van der Waals surface area contributed by atoms with E-state index in [-0.39, 0.29) is 0 Å². The molecule has 4 nitrogen and oxygen atoms in total. The van der Waals surface area contributed by atoms with Crippen molar-refractivity contribution in [1.82, 2.24) is 4.98 Å². The number of benzene rings is 3. The molecule has 0 unspecified atom stereocenters. The number of methoxy groups -OCH3 is 2. The van der Waals surface area contributed by atoms with Crippen LogP contribution in [-0.2, 0) is 0 Å². The van der Waals surface area contributed by atoms with Crippen LogP contribution >= 0.6 is 0 Å². The first kappa shape index (κ1) is 15.3. The first-order valence-corrected chi connectivity index (χ1v) is 7.97. The second-order valence-corrected chi connectivity index (χ2v) is 5.61. The Morgan fingerprint density at radius 1 is 0.800 bits per heavy atom. The molecule has 0 saturated heterocycles. The molecule has 0 amide bonds. The van der Waals surface area contributed by atoms with E-state index in [0.717, 1.165) is 27.8 Å². The van der Waals surface area contributed by atoms with Gasteiger partial charge in [-0.3, -0.25) is 0 Å². The van der Waals surface area contributed by atoms with Gasteiger partial charge in [0.1, 0.15) is 5.52 Å². The van der Waals surface area contributed by atoms with Crippen LogP contribution in [0.25, 0.3) is 33.7 Å². The van der Waals surface area contributed by atoms with Crippen molar-refractivity contribution in [3.8, 4) is 34.1 Å². The van der Waals surface area contributed by atoms with Crippen molar-refractivity contribution < 1.29 is 13.9 Å². The maximum atomic E-state index is 5.94. The standard InChI is InChI=1S/C21H17NO3/c1-23-19-10-6-9-16(20(19)24-2)21-22-17-13-15(11-12-18(17)25-21)14-7-4-3-5-8-14/h3-13H,1-2H3. The highest BCUT2D eigenvalue weighted by molar-refractivity contribution is 5.83. The molecule has 4 aromatic rings. The molecule has 0 aliphatic rings. The zero-order valence-electron chi connectivity index (χ0n) is 14.0. The molecule has 0 atom stereocenters. The molecule has 4 heteroatoms. The lowest BCUT2D eigenvalue weighted by Crippen LogP contribution is -1.93. The minimum absolute atomic E-state index is 0.510. The third-order valence-corrected chi connectivity index (χ3v) is 4.13. The zero-order chi connectivity index (χ0) is 17.2. The quantitative estimate of drug-likeness (QED) is 0.517. The van der Waals surface area contributed by atoms with Crippen LogP contribution in [0, 0.1) is 0 Å². The summed E-state index contributed by atoms with van der Waals surface area (Å²) in [5.41, 5.74) is 4.55. The van der Waals surface area contributed by atoms with Crippen molar-refractivity contribution in [3.63, 3.8) is 0 Å². The summed E-state index contributed by atoms with van der Waals surface area (Å²) in [5, 5.41) is 0. The summed E-state index contributed by atoms with van der Waals surface area (Å²) in [6, 6.07) is 21.9. The SMILES string of the molecule is COc1cccc(-c2nc3cc(-c4ccccc4)ccc3o2)c1OC. The van der Waals surface area contributed by atoms with E-state index in [1.807, 2.05) is 54.6 Å². The number of fused-ring (bicyclic) bond motifs is 1. The average Bonchev–Trinajstić information content (AvgIpc) is 3.11. The number of nitrogens with zero attached hydrogens (tertiary/aromatic N) is 1. The van der Waals surface area contributed by atoms with Crippen LogP contribution in [0.1, 0.15) is 0 Å². The van der Waals surface area contributed by atoms with E-state index in [0.29, 0.717) is 17.4 Å². The number of ether oxygens (including phenoxy) is 2. The summed E-state index contributed by atoms with van der Waals surface area (Å²) in [5.74, 6) is 1.77. The van der Waals surface area contributed by atoms with Crippen molar-refractivity contribution in [1.29, 1.82) is 0 Å². The lowest BCUT2D eigenvalue weighted by molar-refractivity contribution is 0.355. The van der Waals surface area contributed by atoms with Crippen molar-refractivity contribution in [3.05, 3.63) is 66.7 Å². The Morgan fingerprint density at radius 3 is 2.40 bits per heavy atom. The van der Waals surface area contributed by atoms with Gasteiger partial charge in [-0.25, -0.2) is 4.98 Å². The predicted octanol–water partition coefficient (Wildman–Crippen LogP) is 5.18. The highest BCUT2D eigenvalue weighted by atomic mass is 16.5. The van der Waals surface area contributed by atoms with Gasteiger partial charge in [0, 0.05) is 0 Å². The number of para-hydroxylation sites is 1. The molecule has 0 fully saturated rings. The van der Waals surface area contributed by atoms with Gasteiger partial charge in [-0.1, -0.05) is 42.5 Å². The first-order chi connectivity index (χ1) is 12.3. The maximum Gasteiger partial charge on any atom is 0.231 e. The highest BCUT2D eigenvalue weighted by Gasteiger charge is 2.17. The summed E-state index contributed by atoms with van der Waals surface area (Å²) >= 11 is 0. The van der Waals surface area contributed by atoms with Crippen LogP contribution < -0.4 is 9.47 Å². The number of oxazole rings is 1. The third-order valence-electron chi connectivity index (χ3n) is 4.13. The monoisotopic (exact) mass is 331 g/mol. The number of hydrogen-bond acceptors (Lipinski definition) is 4. The van der Waals surface area contributed by atoms with Gasteiger partial charge in [0.2, 0.25) is 5.89 Å². The molecule has 0 spiro atoms. The van der Waals surface area contributed by atoms with Crippen LogP contribution in [-0.4, -0.2) is 19.2 Å². The number of rotatable bonds is 4. The van der Waals surface area contributed by atoms with Gasteiger partial charge in [0.15, 0.2) is 17.1 Å². The number of hydrogen-bond donors (Lipinski definition) is 0. The molecule has 25 heavy (non-hydrogen) atoms. The zero-order valence-corrected chi connectivity index (χ0v) is 14.0. The van der Waals surface area contributed by atoms with Crippen LogP contribution in [0.3, 0.4) is 0 Å². The molecular weight excluding hydrogens is 314 g/mol. The molecule has 4 rings (SSSR count). The summed E-state index contributed by atoms with van der Waals surface area (Å²) < 4.78 is 16.8. The summed E-state index contributed by atoms with van der Waals surface area (Å²) in [6.07, 6.45) is 0. The van der Waals surface area contributed by atoms with Gasteiger partial charge in [-0.05, 0) is 35.4 Å². The minimum atomic E-state index is 0.510. The predicted molar refractivity (Wildman–Crippen MR) is 98.0 cm³/mol. The third kappa shape index (κ3) is 2.72. The van der Waals surface area contributed by atoms with E-state index in [9.17, 15) is 0 Å². The Labute approximate surface area is 145 Å². The van der Waals surface area contributed by atoms with E-state index in [4.69, 9.17) is 13.9 Å². The van der Waals surface area contributed by atoms with Crippen molar-refractivity contribution in [2.45, 2.75) is 0 Å². The van der Waals surface area contributed by atoms with Gasteiger partial charge in [-0.15, -0.1) is 0 Å². The second kappa shape index (κ2) is 6.32. The highest BCUT2D eigenvalue weighted by Crippen LogP contribution is 2.38. The molecule has 0 radical (unpaired) electrons. The van der Waals surface area contributed by atoms with Crippen molar-refractivity contribution in [2.24, 2.45) is 0 Å². The normalized spacial score (nSPS) is 10.8. The topological polar surface area (TPSA) is 44.5 Å². The molecule has 1 heterocycles. The van der Waals surface area contributed by atoms with Gasteiger partial charge in [0.25, 0.3) is 0 Å². The lowest BCUT2D eigenvalue weighted by atomic mass is 10.1. The van der Waals surface area contributed by atoms with Crippen molar-refractivity contribution >= 4 is 11.1 Å². The Morgan fingerprint density at radius 2 is 1.64 bits per heavy atom. The fourth-order valence-corrected chi connectivity index (χ4v) is 2.91. The van der Waals surface area contributed by atoms with E-state index >= 15 is 0 Å².